The van der Waals surface area contributed by atoms with Crippen LogP contribution in [-0.2, 0) is 0 Å². The van der Waals surface area contributed by atoms with Crippen molar-refractivity contribution >= 4 is 11.5 Å². The van der Waals surface area contributed by atoms with Gasteiger partial charge in [0.05, 0.1) is 11.9 Å². The van der Waals surface area contributed by atoms with Crippen LogP contribution in [0, 0.1) is 6.92 Å². The summed E-state index contributed by atoms with van der Waals surface area (Å²) in [7, 11) is 0. The molecule has 1 aromatic heterocycles. The third-order valence-electron chi connectivity index (χ3n) is 3.86. The first kappa shape index (κ1) is 13.1. The highest BCUT2D eigenvalue weighted by Gasteiger charge is 2.27. The highest BCUT2D eigenvalue weighted by Crippen LogP contribution is 2.25. The molecule has 2 heterocycles. The summed E-state index contributed by atoms with van der Waals surface area (Å²) in [6.07, 6.45) is 2.99. The number of likely N-dealkylation sites (N-methyl/N-ethyl adjacent to an activating group) is 1. The molecule has 1 fully saturated rings. The zero-order chi connectivity index (χ0) is 13.1. The Balaban J connectivity index is 2.08. The van der Waals surface area contributed by atoms with Crippen LogP contribution in [0.3, 0.4) is 0 Å². The van der Waals surface area contributed by atoms with Crippen LogP contribution in [0.2, 0.25) is 0 Å². The van der Waals surface area contributed by atoms with Gasteiger partial charge in [-0.05, 0) is 38.1 Å². The van der Waals surface area contributed by atoms with Crippen molar-refractivity contribution in [1.29, 1.82) is 0 Å². The molecule has 4 heteroatoms. The standard InChI is InChI=1S/C14H24N4/c1-4-17(5-2)13-6-7-18(10-13)14-11(3)8-12(15)9-16-14/h8-9,13H,4-7,10,15H2,1-3H3. The quantitative estimate of drug-likeness (QED) is 0.884. The predicted molar refractivity (Wildman–Crippen MR) is 76.9 cm³/mol. The number of nitrogen functional groups attached to an aromatic ring is 1. The van der Waals surface area contributed by atoms with Crippen LogP contribution in [0.25, 0.3) is 0 Å². The van der Waals surface area contributed by atoms with E-state index in [1.165, 1.54) is 12.0 Å². The molecule has 0 amide bonds. The molecule has 1 saturated heterocycles. The first-order valence-corrected chi connectivity index (χ1v) is 6.86. The van der Waals surface area contributed by atoms with E-state index in [9.17, 15) is 0 Å². The van der Waals surface area contributed by atoms with Gasteiger partial charge in [-0.25, -0.2) is 4.98 Å². The third-order valence-corrected chi connectivity index (χ3v) is 3.86. The highest BCUT2D eigenvalue weighted by molar-refractivity contribution is 5.53. The largest absolute Gasteiger partial charge is 0.397 e. The van der Waals surface area contributed by atoms with Crippen LogP contribution in [0.5, 0.6) is 0 Å². The van der Waals surface area contributed by atoms with E-state index in [0.29, 0.717) is 6.04 Å². The number of nitrogens with zero attached hydrogens (tertiary/aromatic N) is 3. The molecule has 0 aliphatic carbocycles. The Kier molecular flexibility index (Phi) is 4.07. The van der Waals surface area contributed by atoms with Crippen molar-refractivity contribution in [2.45, 2.75) is 33.2 Å². The van der Waals surface area contributed by atoms with Gasteiger partial charge >= 0.3 is 0 Å². The predicted octanol–water partition coefficient (Wildman–Crippen LogP) is 1.89. The summed E-state index contributed by atoms with van der Waals surface area (Å²) in [6, 6.07) is 2.67. The second kappa shape index (κ2) is 5.57. The zero-order valence-corrected chi connectivity index (χ0v) is 11.7. The minimum absolute atomic E-state index is 0.666. The SMILES string of the molecule is CCN(CC)C1CCN(c2ncc(N)cc2C)C1. The summed E-state index contributed by atoms with van der Waals surface area (Å²) >= 11 is 0. The highest BCUT2D eigenvalue weighted by atomic mass is 15.3. The number of aryl methyl sites for hydroxylation is 1. The summed E-state index contributed by atoms with van der Waals surface area (Å²) < 4.78 is 0. The number of anilines is 2. The molecule has 0 aromatic carbocycles. The smallest absolute Gasteiger partial charge is 0.131 e. The van der Waals surface area contributed by atoms with E-state index < -0.39 is 0 Å². The van der Waals surface area contributed by atoms with Gasteiger partial charge in [-0.15, -0.1) is 0 Å². The van der Waals surface area contributed by atoms with Gasteiger partial charge in [0, 0.05) is 19.1 Å². The minimum Gasteiger partial charge on any atom is -0.397 e. The molecule has 1 aliphatic heterocycles. The van der Waals surface area contributed by atoms with Gasteiger partial charge in [-0.3, -0.25) is 4.90 Å². The Morgan fingerprint density at radius 3 is 2.78 bits per heavy atom. The lowest BCUT2D eigenvalue weighted by Gasteiger charge is -2.26. The molecular formula is C14H24N4. The summed E-state index contributed by atoms with van der Waals surface area (Å²) in [6.45, 7) is 11.0. The van der Waals surface area contributed by atoms with E-state index in [1.807, 2.05) is 6.07 Å². The Morgan fingerprint density at radius 2 is 2.17 bits per heavy atom. The van der Waals surface area contributed by atoms with Crippen LogP contribution in [0.15, 0.2) is 12.3 Å². The fourth-order valence-electron chi connectivity index (χ4n) is 2.89. The maximum atomic E-state index is 5.76. The molecule has 2 rings (SSSR count). The summed E-state index contributed by atoms with van der Waals surface area (Å²) in [5.41, 5.74) is 7.68. The van der Waals surface area contributed by atoms with Crippen molar-refractivity contribution in [2.75, 3.05) is 36.8 Å². The molecule has 18 heavy (non-hydrogen) atoms. The Morgan fingerprint density at radius 1 is 1.44 bits per heavy atom. The molecule has 0 spiro atoms. The molecule has 4 nitrogen and oxygen atoms in total. The molecule has 0 saturated carbocycles. The second-order valence-electron chi connectivity index (χ2n) is 5.02. The number of hydrogen-bond donors (Lipinski definition) is 1. The summed E-state index contributed by atoms with van der Waals surface area (Å²) in [5.74, 6) is 1.10. The monoisotopic (exact) mass is 248 g/mol. The van der Waals surface area contributed by atoms with Crippen LogP contribution >= 0.6 is 0 Å². The van der Waals surface area contributed by atoms with Crippen molar-refractivity contribution in [1.82, 2.24) is 9.88 Å². The molecule has 1 aliphatic rings. The molecule has 1 atom stereocenters. The van der Waals surface area contributed by atoms with E-state index in [-0.39, 0.29) is 0 Å². The number of hydrogen-bond acceptors (Lipinski definition) is 4. The number of rotatable bonds is 4. The van der Waals surface area contributed by atoms with Gasteiger partial charge in [0.25, 0.3) is 0 Å². The lowest BCUT2D eigenvalue weighted by molar-refractivity contribution is 0.232. The van der Waals surface area contributed by atoms with E-state index >= 15 is 0 Å². The molecular weight excluding hydrogens is 224 g/mol. The van der Waals surface area contributed by atoms with Gasteiger partial charge in [-0.2, -0.15) is 0 Å². The number of aromatic nitrogens is 1. The zero-order valence-electron chi connectivity index (χ0n) is 11.7. The number of pyridine rings is 1. The lowest BCUT2D eigenvalue weighted by Crippen LogP contribution is -2.37. The van der Waals surface area contributed by atoms with Crippen molar-refractivity contribution in [3.63, 3.8) is 0 Å². The van der Waals surface area contributed by atoms with Crippen molar-refractivity contribution in [3.05, 3.63) is 17.8 Å². The van der Waals surface area contributed by atoms with Crippen LogP contribution in [-0.4, -0.2) is 42.1 Å². The molecule has 0 bridgehead atoms. The first-order chi connectivity index (χ1) is 8.65. The molecule has 100 valence electrons. The maximum absolute atomic E-state index is 5.76. The van der Waals surface area contributed by atoms with Gasteiger partial charge < -0.3 is 10.6 Å². The first-order valence-electron chi connectivity index (χ1n) is 6.86. The van der Waals surface area contributed by atoms with Gasteiger partial charge in [0.15, 0.2) is 0 Å². The molecule has 1 aromatic rings. The fourth-order valence-corrected chi connectivity index (χ4v) is 2.89. The van der Waals surface area contributed by atoms with E-state index in [1.54, 1.807) is 6.20 Å². The van der Waals surface area contributed by atoms with Crippen molar-refractivity contribution in [2.24, 2.45) is 0 Å². The molecule has 1 unspecified atom stereocenters. The Hall–Kier alpha value is -1.29. The normalized spacial score (nSPS) is 19.8. The Bertz CT molecular complexity index is 401. The van der Waals surface area contributed by atoms with Gasteiger partial charge in [-0.1, -0.05) is 13.8 Å². The Labute approximate surface area is 110 Å². The maximum Gasteiger partial charge on any atom is 0.131 e. The topological polar surface area (TPSA) is 45.4 Å². The fraction of sp³-hybridized carbons (Fsp3) is 0.643. The second-order valence-corrected chi connectivity index (χ2v) is 5.02. The van der Waals surface area contributed by atoms with E-state index in [0.717, 1.165) is 37.7 Å². The minimum atomic E-state index is 0.666. The lowest BCUT2D eigenvalue weighted by atomic mass is 10.2. The molecule has 0 radical (unpaired) electrons. The summed E-state index contributed by atoms with van der Waals surface area (Å²) in [5, 5.41) is 0. The van der Waals surface area contributed by atoms with Crippen LogP contribution < -0.4 is 10.6 Å². The molecule has 2 N–H and O–H groups in total. The number of nitrogens with two attached hydrogens (primary N) is 1. The van der Waals surface area contributed by atoms with Crippen molar-refractivity contribution < 1.29 is 0 Å². The van der Waals surface area contributed by atoms with Crippen LogP contribution in [0.1, 0.15) is 25.8 Å². The third kappa shape index (κ3) is 2.58. The average Bonchev–Trinajstić information content (AvgIpc) is 2.80. The van der Waals surface area contributed by atoms with E-state index in [4.69, 9.17) is 5.73 Å². The average molecular weight is 248 g/mol. The van der Waals surface area contributed by atoms with Crippen LogP contribution in [0.4, 0.5) is 11.5 Å². The van der Waals surface area contributed by atoms with Gasteiger partial charge in [0.2, 0.25) is 0 Å². The van der Waals surface area contributed by atoms with E-state index in [2.05, 4.69) is 35.6 Å². The summed E-state index contributed by atoms with van der Waals surface area (Å²) in [4.78, 5) is 9.41. The van der Waals surface area contributed by atoms with Gasteiger partial charge in [0.1, 0.15) is 5.82 Å². The van der Waals surface area contributed by atoms with Crippen molar-refractivity contribution in [3.8, 4) is 0 Å².